The number of thiophene rings is 1. The lowest BCUT2D eigenvalue weighted by Gasteiger charge is -2.05. The third-order valence-corrected chi connectivity index (χ3v) is 3.51. The number of hydrogen-bond acceptors (Lipinski definition) is 4. The minimum Gasteiger partial charge on any atom is -0.380 e. The number of hydrogen-bond donors (Lipinski definition) is 3. The van der Waals surface area contributed by atoms with E-state index < -0.39 is 11.8 Å². The second-order valence-corrected chi connectivity index (χ2v) is 4.96. The summed E-state index contributed by atoms with van der Waals surface area (Å²) in [5, 5.41) is 4.92. The van der Waals surface area contributed by atoms with Gasteiger partial charge in [-0.3, -0.25) is 9.59 Å². The molecule has 0 saturated carbocycles. The molecule has 0 fully saturated rings. The molecule has 1 aromatic carbocycles. The molecule has 2 amide bonds. The van der Waals surface area contributed by atoms with E-state index in [-0.39, 0.29) is 0 Å². The van der Waals surface area contributed by atoms with Crippen LogP contribution in [0.15, 0.2) is 35.7 Å². The van der Waals surface area contributed by atoms with Crippen molar-refractivity contribution in [2.75, 3.05) is 5.32 Å². The van der Waals surface area contributed by atoms with Crippen LogP contribution in [0.4, 0.5) is 5.69 Å². The number of rotatable bonds is 5. The highest BCUT2D eigenvalue weighted by Crippen LogP contribution is 2.17. The van der Waals surface area contributed by atoms with E-state index in [9.17, 15) is 9.59 Å². The third-order valence-electron chi connectivity index (χ3n) is 2.57. The first kappa shape index (κ1) is 13.1. The van der Waals surface area contributed by atoms with Crippen LogP contribution in [0.5, 0.6) is 0 Å². The molecule has 6 heteroatoms. The summed E-state index contributed by atoms with van der Waals surface area (Å²) >= 11 is 1.47. The van der Waals surface area contributed by atoms with Crippen LogP contribution in [0.25, 0.3) is 0 Å². The van der Waals surface area contributed by atoms with Crippen LogP contribution in [0.2, 0.25) is 0 Å². The van der Waals surface area contributed by atoms with Crippen molar-refractivity contribution in [3.8, 4) is 0 Å². The van der Waals surface area contributed by atoms with Crippen LogP contribution in [-0.2, 0) is 6.54 Å². The van der Waals surface area contributed by atoms with E-state index in [1.165, 1.54) is 11.3 Å². The number of primary amides is 2. The topological polar surface area (TPSA) is 98.2 Å². The molecule has 2 rings (SSSR count). The highest BCUT2D eigenvalue weighted by molar-refractivity contribution is 7.10. The van der Waals surface area contributed by atoms with Crippen molar-refractivity contribution in [1.82, 2.24) is 0 Å². The molecule has 0 spiro atoms. The van der Waals surface area contributed by atoms with Gasteiger partial charge in [0.2, 0.25) is 11.8 Å². The molecule has 5 N–H and O–H groups in total. The lowest BCUT2D eigenvalue weighted by Crippen LogP contribution is -2.10. The van der Waals surface area contributed by atoms with Crippen LogP contribution in [0, 0.1) is 0 Å². The van der Waals surface area contributed by atoms with Crippen molar-refractivity contribution in [2.45, 2.75) is 6.54 Å². The van der Waals surface area contributed by atoms with Gasteiger partial charge in [0.1, 0.15) is 0 Å². The van der Waals surface area contributed by atoms with Gasteiger partial charge in [0.15, 0.2) is 0 Å². The summed E-state index contributed by atoms with van der Waals surface area (Å²) in [7, 11) is 0. The monoisotopic (exact) mass is 275 g/mol. The number of carbonyl (C=O) groups excluding carboxylic acids is 2. The average Bonchev–Trinajstić information content (AvgIpc) is 2.86. The van der Waals surface area contributed by atoms with E-state index in [1.54, 1.807) is 35.7 Å². The van der Waals surface area contributed by atoms with E-state index in [1.807, 2.05) is 0 Å². The minimum absolute atomic E-state index is 0.423. The second-order valence-electron chi connectivity index (χ2n) is 3.96. The maximum atomic E-state index is 11.0. The van der Waals surface area contributed by atoms with Crippen LogP contribution in [-0.4, -0.2) is 11.8 Å². The van der Waals surface area contributed by atoms with Crippen LogP contribution < -0.4 is 16.8 Å². The molecule has 0 bridgehead atoms. The summed E-state index contributed by atoms with van der Waals surface area (Å²) in [5.74, 6) is -0.871. The first-order valence-corrected chi connectivity index (χ1v) is 6.45. The molecule has 0 saturated heterocycles. The standard InChI is InChI=1S/C13H13N3O2S/c14-12(17)8-1-3-10(4-2-8)16-6-11-5-9(7-19-11)13(15)18/h1-5,7,16H,6H2,(H2,14,17)(H2,15,18). The zero-order valence-corrected chi connectivity index (χ0v) is 10.9. The summed E-state index contributed by atoms with van der Waals surface area (Å²) in [6.07, 6.45) is 0. The lowest BCUT2D eigenvalue weighted by atomic mass is 10.2. The largest absolute Gasteiger partial charge is 0.380 e. The van der Waals surface area contributed by atoms with Gasteiger partial charge in [0.25, 0.3) is 0 Å². The highest BCUT2D eigenvalue weighted by Gasteiger charge is 2.05. The van der Waals surface area contributed by atoms with Crippen molar-refractivity contribution in [3.63, 3.8) is 0 Å². The second kappa shape index (κ2) is 5.53. The number of nitrogens with one attached hydrogen (secondary N) is 1. The third kappa shape index (κ3) is 3.32. The molecular formula is C13H13N3O2S. The summed E-state index contributed by atoms with van der Waals surface area (Å²) in [5.41, 5.74) is 12.2. The van der Waals surface area contributed by atoms with Gasteiger partial charge in [-0.1, -0.05) is 0 Å². The van der Waals surface area contributed by atoms with Crippen molar-refractivity contribution >= 4 is 28.8 Å². The zero-order valence-electron chi connectivity index (χ0n) is 10.1. The van der Waals surface area contributed by atoms with E-state index in [0.29, 0.717) is 17.7 Å². The predicted molar refractivity (Wildman–Crippen MR) is 75.1 cm³/mol. The smallest absolute Gasteiger partial charge is 0.249 e. The molecule has 2 aromatic rings. The van der Waals surface area contributed by atoms with Crippen molar-refractivity contribution < 1.29 is 9.59 Å². The van der Waals surface area contributed by atoms with Gasteiger partial charge < -0.3 is 16.8 Å². The maximum absolute atomic E-state index is 11.0. The molecule has 1 aromatic heterocycles. The van der Waals surface area contributed by atoms with Crippen molar-refractivity contribution in [2.24, 2.45) is 11.5 Å². The Balaban J connectivity index is 1.97. The zero-order chi connectivity index (χ0) is 13.8. The Morgan fingerprint density at radius 1 is 1.05 bits per heavy atom. The fraction of sp³-hybridized carbons (Fsp3) is 0.0769. The maximum Gasteiger partial charge on any atom is 0.249 e. The number of nitrogens with two attached hydrogens (primary N) is 2. The Labute approximate surface area is 114 Å². The van der Waals surface area contributed by atoms with Gasteiger partial charge in [-0.15, -0.1) is 11.3 Å². The summed E-state index contributed by atoms with van der Waals surface area (Å²) in [6, 6.07) is 8.64. The number of anilines is 1. The molecule has 98 valence electrons. The molecule has 5 nitrogen and oxygen atoms in total. The number of benzene rings is 1. The molecule has 19 heavy (non-hydrogen) atoms. The minimum atomic E-state index is -0.448. The van der Waals surface area contributed by atoms with Gasteiger partial charge >= 0.3 is 0 Å². The van der Waals surface area contributed by atoms with Gasteiger partial charge in [0, 0.05) is 28.1 Å². The van der Waals surface area contributed by atoms with Gasteiger partial charge in [-0.2, -0.15) is 0 Å². The Hall–Kier alpha value is -2.34. The van der Waals surface area contributed by atoms with Crippen LogP contribution in [0.1, 0.15) is 25.6 Å². The van der Waals surface area contributed by atoms with Crippen LogP contribution in [0.3, 0.4) is 0 Å². The molecule has 0 aliphatic heterocycles. The molecule has 0 aliphatic carbocycles. The first-order valence-electron chi connectivity index (χ1n) is 5.57. The molecule has 0 aliphatic rings. The van der Waals surface area contributed by atoms with Gasteiger partial charge in [-0.05, 0) is 30.3 Å². The highest BCUT2D eigenvalue weighted by atomic mass is 32.1. The molecule has 0 atom stereocenters. The van der Waals surface area contributed by atoms with Gasteiger partial charge in [0.05, 0.1) is 5.56 Å². The SMILES string of the molecule is NC(=O)c1ccc(NCc2cc(C(N)=O)cs2)cc1. The Morgan fingerprint density at radius 2 is 1.68 bits per heavy atom. The number of carbonyl (C=O) groups is 2. The normalized spacial score (nSPS) is 10.1. The first-order chi connectivity index (χ1) is 9.06. The Bertz CT molecular complexity index is 605. The average molecular weight is 275 g/mol. The molecule has 0 radical (unpaired) electrons. The summed E-state index contributed by atoms with van der Waals surface area (Å²) < 4.78 is 0. The fourth-order valence-electron chi connectivity index (χ4n) is 1.54. The molecule has 1 heterocycles. The van der Waals surface area contributed by atoms with Gasteiger partial charge in [-0.25, -0.2) is 0 Å². The molecular weight excluding hydrogens is 262 g/mol. The summed E-state index contributed by atoms with van der Waals surface area (Å²) in [4.78, 5) is 22.9. The summed E-state index contributed by atoms with van der Waals surface area (Å²) in [6.45, 7) is 0.591. The van der Waals surface area contributed by atoms with E-state index in [0.717, 1.165) is 10.6 Å². The Morgan fingerprint density at radius 3 is 2.21 bits per heavy atom. The lowest BCUT2D eigenvalue weighted by molar-refractivity contribution is 0.0992. The number of amides is 2. The van der Waals surface area contributed by atoms with Crippen LogP contribution >= 0.6 is 11.3 Å². The fourth-order valence-corrected chi connectivity index (χ4v) is 2.36. The molecule has 0 unspecified atom stereocenters. The quantitative estimate of drug-likeness (QED) is 0.772. The predicted octanol–water partition coefficient (Wildman–Crippen LogP) is 1.56. The van der Waals surface area contributed by atoms with E-state index in [4.69, 9.17) is 11.5 Å². The van der Waals surface area contributed by atoms with E-state index in [2.05, 4.69) is 5.32 Å². The Kier molecular flexibility index (Phi) is 3.82. The van der Waals surface area contributed by atoms with E-state index >= 15 is 0 Å². The van der Waals surface area contributed by atoms with Crippen molar-refractivity contribution in [1.29, 1.82) is 0 Å². The van der Waals surface area contributed by atoms with Crippen molar-refractivity contribution in [3.05, 3.63) is 51.7 Å².